The molecule has 2 aromatic rings. The topological polar surface area (TPSA) is 121 Å². The Morgan fingerprint density at radius 1 is 1.00 bits per heavy atom. The van der Waals surface area contributed by atoms with E-state index in [9.17, 15) is 17.4 Å². The number of hydrogen-bond donors (Lipinski definition) is 3. The Morgan fingerprint density at radius 3 is 2.07 bits per heavy atom. The van der Waals surface area contributed by atoms with Gasteiger partial charge in [-0.2, -0.15) is 8.42 Å². The van der Waals surface area contributed by atoms with Gasteiger partial charge in [-0.3, -0.25) is 9.12 Å². The maximum absolute atomic E-state index is 13.2. The van der Waals surface area contributed by atoms with Crippen molar-refractivity contribution in [2.45, 2.75) is 24.3 Å². The Morgan fingerprint density at radius 2 is 1.55 bits per heavy atom. The zero-order valence-electron chi connectivity index (χ0n) is 13.5. The van der Waals surface area contributed by atoms with Crippen molar-refractivity contribution in [1.82, 2.24) is 0 Å². The molecule has 0 aliphatic carbocycles. The first-order valence-corrected chi connectivity index (χ1v) is 10.8. The predicted molar refractivity (Wildman–Crippen MR) is 115 cm³/mol. The van der Waals surface area contributed by atoms with E-state index in [2.05, 4.69) is 0 Å². The van der Waals surface area contributed by atoms with E-state index in [-0.39, 0.29) is 161 Å². The number of ether oxygens (including phenoxy) is 1. The number of hydrogen-bond acceptors (Lipinski definition) is 4. The van der Waals surface area contributed by atoms with Gasteiger partial charge in [0.1, 0.15) is 17.3 Å². The molecule has 148 valence electrons. The van der Waals surface area contributed by atoms with E-state index in [0.717, 1.165) is 5.56 Å². The molecule has 13 heteroatoms. The maximum atomic E-state index is 13.2. The van der Waals surface area contributed by atoms with Crippen LogP contribution in [0.1, 0.15) is 18.4 Å². The Labute approximate surface area is 297 Å². The van der Waals surface area contributed by atoms with E-state index in [0.29, 0.717) is 17.9 Å². The molecule has 0 amide bonds. The molecule has 2 rings (SSSR count). The Balaban J connectivity index is 0. The van der Waals surface area contributed by atoms with Gasteiger partial charge in [0, 0.05) is 6.07 Å². The van der Waals surface area contributed by atoms with Gasteiger partial charge in [0.05, 0.1) is 0 Å². The number of halogens is 1. The molecule has 3 N–H and O–H groups in total. The summed E-state index contributed by atoms with van der Waals surface area (Å²) in [5.74, 6) is 0.317. The molecule has 0 heterocycles. The van der Waals surface area contributed by atoms with Crippen LogP contribution < -0.4 is 4.74 Å². The van der Waals surface area contributed by atoms with Gasteiger partial charge in [0.2, 0.25) is 0 Å². The van der Waals surface area contributed by atoms with Gasteiger partial charge in [0.15, 0.2) is 4.99 Å². The van der Waals surface area contributed by atoms with Crippen LogP contribution >= 0.6 is 7.60 Å². The van der Waals surface area contributed by atoms with Gasteiger partial charge in [0.25, 0.3) is 10.1 Å². The fourth-order valence-corrected chi connectivity index (χ4v) is 4.77. The van der Waals surface area contributed by atoms with E-state index in [1.807, 2.05) is 0 Å². The third-order valence-corrected chi connectivity index (χ3v) is 7.12. The monoisotopic (exact) mass is 524 g/mol. The minimum atomic E-state index is -4.98. The van der Waals surface area contributed by atoms with E-state index in [1.165, 1.54) is 18.2 Å². The number of benzene rings is 2. The minimum absolute atomic E-state index is 0. The van der Waals surface area contributed by atoms with E-state index in [4.69, 9.17) is 19.1 Å². The third-order valence-electron chi connectivity index (χ3n) is 3.57. The zero-order valence-corrected chi connectivity index (χ0v) is 15.2. The van der Waals surface area contributed by atoms with Gasteiger partial charge in [-0.25, -0.2) is 4.39 Å². The second-order valence-electron chi connectivity index (χ2n) is 5.66. The molecular weight excluding hydrogens is 504 g/mol. The van der Waals surface area contributed by atoms with Crippen LogP contribution in [0.4, 0.5) is 4.39 Å². The summed E-state index contributed by atoms with van der Waals surface area (Å²) in [5, 5.41) is 0. The van der Waals surface area contributed by atoms with Crippen molar-refractivity contribution in [3.63, 3.8) is 0 Å². The molecule has 0 aliphatic rings. The fraction of sp³-hybridized carbons (Fsp3) is 0.250. The molecule has 0 spiro atoms. The first-order chi connectivity index (χ1) is 12.1. The van der Waals surface area contributed by atoms with Gasteiger partial charge in [-0.1, -0.05) is 18.2 Å². The summed E-state index contributed by atoms with van der Waals surface area (Å²) >= 11 is 0. The van der Waals surface area contributed by atoms with Crippen LogP contribution in [0.3, 0.4) is 0 Å². The molecule has 0 saturated carbocycles. The van der Waals surface area contributed by atoms with Crippen LogP contribution in [0.25, 0.3) is 0 Å². The average Bonchev–Trinajstić information content (AvgIpc) is 2.49. The van der Waals surface area contributed by atoms with Crippen molar-refractivity contribution in [1.29, 1.82) is 0 Å². The fourth-order valence-electron chi connectivity index (χ4n) is 2.40. The van der Waals surface area contributed by atoms with Crippen molar-refractivity contribution in [3.8, 4) is 11.5 Å². The van der Waals surface area contributed by atoms with Crippen molar-refractivity contribution in [2.24, 2.45) is 0 Å². The van der Waals surface area contributed by atoms with Crippen molar-refractivity contribution < 1.29 is 36.4 Å². The molecule has 1 atom stereocenters. The summed E-state index contributed by atoms with van der Waals surface area (Å²) in [6.45, 7) is 0. The molecule has 1 unspecified atom stereocenters. The molecule has 0 radical (unpaired) electrons. The van der Waals surface area contributed by atoms with Crippen molar-refractivity contribution in [2.75, 3.05) is 0 Å². The first-order valence-electron chi connectivity index (χ1n) is 7.59. The van der Waals surface area contributed by atoms with Gasteiger partial charge >= 0.3 is 162 Å². The summed E-state index contributed by atoms with van der Waals surface area (Å²) in [5.41, 5.74) is 0.735. The Hall–Kier alpha value is 3.14. The molecule has 2 aromatic carbocycles. The summed E-state index contributed by atoms with van der Waals surface area (Å²) in [6, 6.07) is 12.3. The molecule has 7 nitrogen and oxygen atoms in total. The van der Waals surface area contributed by atoms with Gasteiger partial charge < -0.3 is 14.5 Å². The van der Waals surface area contributed by atoms with E-state index < -0.39 is 34.9 Å². The average molecular weight is 525 g/mol. The van der Waals surface area contributed by atoms with Crippen molar-refractivity contribution >= 4 is 172 Å². The molecule has 0 aromatic heterocycles. The predicted octanol–water partition coefficient (Wildman–Crippen LogP) is 1.39. The Bertz CT molecular complexity index is 924. The molecule has 29 heavy (non-hydrogen) atoms. The van der Waals surface area contributed by atoms with E-state index in [1.54, 1.807) is 30.3 Å². The summed E-state index contributed by atoms with van der Waals surface area (Å²) in [7, 11) is -9.83. The van der Waals surface area contributed by atoms with Crippen LogP contribution in [-0.4, -0.2) is 182 Å². The van der Waals surface area contributed by atoms with Crippen LogP contribution in [0.2, 0.25) is 0 Å². The first kappa shape index (κ1) is 34.3. The number of aryl methyl sites for hydroxylation is 1. The van der Waals surface area contributed by atoms with Crippen LogP contribution in [0.15, 0.2) is 48.5 Å². The molecule has 0 aliphatic heterocycles. The SMILES string of the molecule is O=P(O)(O)C(CCCc1cccc(Oc2cccc(F)c2)c1)S(=O)(=O)O.[KH].[KH].[KH]. The summed E-state index contributed by atoms with van der Waals surface area (Å²) in [4.78, 5) is 16.0. The molecular formula is C16H21FK3O7PS. The van der Waals surface area contributed by atoms with E-state index >= 15 is 0 Å². The van der Waals surface area contributed by atoms with Gasteiger partial charge in [-0.15, -0.1) is 0 Å². The quantitative estimate of drug-likeness (QED) is 0.271. The third kappa shape index (κ3) is 13.0. The summed E-state index contributed by atoms with van der Waals surface area (Å²) < 4.78 is 61.1. The number of rotatable bonds is 8. The zero-order chi connectivity index (χ0) is 19.4. The summed E-state index contributed by atoms with van der Waals surface area (Å²) in [6.07, 6.45) is 0.0451. The molecule has 0 bridgehead atoms. The normalized spacial score (nSPS) is 12.0. The van der Waals surface area contributed by atoms with Crippen LogP contribution in [0, 0.1) is 5.82 Å². The molecule has 0 fully saturated rings. The van der Waals surface area contributed by atoms with Crippen molar-refractivity contribution in [3.05, 3.63) is 59.9 Å². The second kappa shape index (κ2) is 15.9. The van der Waals surface area contributed by atoms with Crippen LogP contribution in [-0.2, 0) is 21.1 Å². The standard InChI is InChI=1S/C16H18FO7PS.3K.3H/c17-13-6-3-8-15(11-13)24-14-7-1-4-12(10-14)5-2-9-16(25(18,19)20)26(21,22)23;;;;;;/h1,3-4,6-8,10-11,16H,2,5,9H2,(H2,18,19,20)(H,21,22,23);;;;;;. The molecule has 0 saturated heterocycles. The van der Waals surface area contributed by atoms with Gasteiger partial charge in [-0.05, 0) is 49.1 Å². The second-order valence-corrected chi connectivity index (χ2v) is 9.41. The van der Waals surface area contributed by atoms with Crippen LogP contribution in [0.5, 0.6) is 11.5 Å². The Kier molecular flexibility index (Phi) is 18.8.